The van der Waals surface area contributed by atoms with Crippen LogP contribution in [0, 0.1) is 12.7 Å². The highest BCUT2D eigenvalue weighted by Gasteiger charge is 2.15. The molecule has 0 spiro atoms. The first-order chi connectivity index (χ1) is 11.6. The zero-order valence-electron chi connectivity index (χ0n) is 13.4. The first-order valence-electron chi connectivity index (χ1n) is 7.49. The third kappa shape index (κ3) is 3.51. The van der Waals surface area contributed by atoms with Gasteiger partial charge in [0.05, 0.1) is 12.2 Å². The van der Waals surface area contributed by atoms with Gasteiger partial charge >= 0.3 is 6.01 Å². The molecule has 6 heteroatoms. The SMILES string of the molecule is CNc1nc(Oc2ccc(F)cc2)n(Cc2ccc(Cl)cc2)c1C. The zero-order chi connectivity index (χ0) is 17.1. The van der Waals surface area contributed by atoms with E-state index in [1.807, 2.05) is 42.8 Å². The molecular formula is C18H17ClFN3O. The summed E-state index contributed by atoms with van der Waals surface area (Å²) in [7, 11) is 1.81. The normalized spacial score (nSPS) is 10.7. The van der Waals surface area contributed by atoms with Crippen molar-refractivity contribution in [2.75, 3.05) is 12.4 Å². The van der Waals surface area contributed by atoms with E-state index in [9.17, 15) is 4.39 Å². The standard InChI is InChI=1S/C18H17ClFN3O/c1-12-17(21-2)22-18(24-16-9-7-15(20)8-10-16)23(12)11-13-3-5-14(19)6-4-13/h3-10,21H,11H2,1-2H3. The molecule has 0 radical (unpaired) electrons. The molecule has 0 unspecified atom stereocenters. The molecule has 2 aromatic carbocycles. The molecule has 1 N–H and O–H groups in total. The van der Waals surface area contributed by atoms with Crippen molar-refractivity contribution < 1.29 is 9.13 Å². The summed E-state index contributed by atoms with van der Waals surface area (Å²) in [6, 6.07) is 13.9. The lowest BCUT2D eigenvalue weighted by atomic mass is 10.2. The molecule has 1 aromatic heterocycles. The van der Waals surface area contributed by atoms with Crippen molar-refractivity contribution in [3.8, 4) is 11.8 Å². The highest BCUT2D eigenvalue weighted by Crippen LogP contribution is 2.27. The fourth-order valence-electron chi connectivity index (χ4n) is 2.39. The van der Waals surface area contributed by atoms with Crippen LogP contribution < -0.4 is 10.1 Å². The van der Waals surface area contributed by atoms with Crippen molar-refractivity contribution >= 4 is 17.4 Å². The van der Waals surface area contributed by atoms with Gasteiger partial charge in [0.2, 0.25) is 0 Å². The molecule has 124 valence electrons. The molecule has 0 fully saturated rings. The van der Waals surface area contributed by atoms with Crippen molar-refractivity contribution in [2.24, 2.45) is 0 Å². The van der Waals surface area contributed by atoms with Crippen molar-refractivity contribution in [3.63, 3.8) is 0 Å². The Morgan fingerprint density at radius 3 is 2.42 bits per heavy atom. The summed E-state index contributed by atoms with van der Waals surface area (Å²) >= 11 is 5.94. The summed E-state index contributed by atoms with van der Waals surface area (Å²) in [5, 5.41) is 3.75. The maximum absolute atomic E-state index is 13.1. The first kappa shape index (κ1) is 16.3. The molecule has 3 aromatic rings. The van der Waals surface area contributed by atoms with Crippen molar-refractivity contribution in [3.05, 3.63) is 70.6 Å². The third-order valence-electron chi connectivity index (χ3n) is 3.70. The van der Waals surface area contributed by atoms with Gasteiger partial charge < -0.3 is 10.1 Å². The summed E-state index contributed by atoms with van der Waals surface area (Å²) in [6.45, 7) is 2.56. The molecule has 0 aliphatic heterocycles. The number of anilines is 1. The number of aromatic nitrogens is 2. The van der Waals surface area contributed by atoms with Crippen LogP contribution in [0.4, 0.5) is 10.2 Å². The van der Waals surface area contributed by atoms with Crippen LogP contribution in [-0.2, 0) is 6.54 Å². The zero-order valence-corrected chi connectivity index (χ0v) is 14.1. The van der Waals surface area contributed by atoms with E-state index < -0.39 is 0 Å². The predicted octanol–water partition coefficient (Wildman–Crippen LogP) is 4.87. The summed E-state index contributed by atoms with van der Waals surface area (Å²) < 4.78 is 20.9. The van der Waals surface area contributed by atoms with E-state index in [2.05, 4.69) is 10.3 Å². The van der Waals surface area contributed by atoms with Gasteiger partial charge in [-0.3, -0.25) is 4.57 Å². The number of imidazole rings is 1. The van der Waals surface area contributed by atoms with E-state index in [4.69, 9.17) is 16.3 Å². The topological polar surface area (TPSA) is 39.1 Å². The fourth-order valence-corrected chi connectivity index (χ4v) is 2.52. The van der Waals surface area contributed by atoms with E-state index in [1.165, 1.54) is 12.1 Å². The number of hydrogen-bond donors (Lipinski definition) is 1. The molecule has 0 amide bonds. The lowest BCUT2D eigenvalue weighted by molar-refractivity contribution is 0.415. The van der Waals surface area contributed by atoms with E-state index in [1.54, 1.807) is 12.1 Å². The maximum atomic E-state index is 13.1. The summed E-state index contributed by atoms with van der Waals surface area (Å²) in [4.78, 5) is 4.47. The van der Waals surface area contributed by atoms with Gasteiger partial charge in [0.15, 0.2) is 5.82 Å². The van der Waals surface area contributed by atoms with Crippen molar-refractivity contribution in [1.82, 2.24) is 9.55 Å². The van der Waals surface area contributed by atoms with Gasteiger partial charge in [0.25, 0.3) is 0 Å². The summed E-state index contributed by atoms with van der Waals surface area (Å²) in [6.07, 6.45) is 0. The third-order valence-corrected chi connectivity index (χ3v) is 3.95. The average Bonchev–Trinajstić information content (AvgIpc) is 2.87. The molecule has 0 aliphatic carbocycles. The van der Waals surface area contributed by atoms with Crippen LogP contribution in [0.25, 0.3) is 0 Å². The summed E-state index contributed by atoms with van der Waals surface area (Å²) in [5.41, 5.74) is 2.02. The molecule has 0 atom stereocenters. The van der Waals surface area contributed by atoms with Crippen LogP contribution in [0.1, 0.15) is 11.3 Å². The monoisotopic (exact) mass is 345 g/mol. The molecule has 1 heterocycles. The van der Waals surface area contributed by atoms with Crippen LogP contribution in [0.5, 0.6) is 11.8 Å². The highest BCUT2D eigenvalue weighted by atomic mass is 35.5. The number of hydrogen-bond acceptors (Lipinski definition) is 3. The molecule has 0 saturated heterocycles. The average molecular weight is 346 g/mol. The van der Waals surface area contributed by atoms with Gasteiger partial charge in [-0.15, -0.1) is 0 Å². The maximum Gasteiger partial charge on any atom is 0.304 e. The van der Waals surface area contributed by atoms with E-state index in [0.717, 1.165) is 17.1 Å². The molecule has 0 aliphatic rings. The Kier molecular flexibility index (Phi) is 4.71. The minimum Gasteiger partial charge on any atom is -0.425 e. The lowest BCUT2D eigenvalue weighted by Gasteiger charge is -2.11. The quantitative estimate of drug-likeness (QED) is 0.717. The number of rotatable bonds is 5. The van der Waals surface area contributed by atoms with Gasteiger partial charge in [-0.05, 0) is 48.9 Å². The van der Waals surface area contributed by atoms with Gasteiger partial charge in [0, 0.05) is 12.1 Å². The van der Waals surface area contributed by atoms with Crippen LogP contribution >= 0.6 is 11.6 Å². The Hall–Kier alpha value is -2.53. The Labute approximate surface area is 144 Å². The van der Waals surface area contributed by atoms with Crippen molar-refractivity contribution in [2.45, 2.75) is 13.5 Å². The minimum absolute atomic E-state index is 0.307. The van der Waals surface area contributed by atoms with Gasteiger partial charge in [-0.2, -0.15) is 4.98 Å². The number of halogens is 2. The van der Waals surface area contributed by atoms with Crippen LogP contribution in [0.2, 0.25) is 5.02 Å². The van der Waals surface area contributed by atoms with E-state index in [-0.39, 0.29) is 5.82 Å². The molecule has 24 heavy (non-hydrogen) atoms. The van der Waals surface area contributed by atoms with E-state index >= 15 is 0 Å². The second-order valence-corrected chi connectivity index (χ2v) is 5.78. The van der Waals surface area contributed by atoms with Gasteiger partial charge in [-0.1, -0.05) is 23.7 Å². The molecular weight excluding hydrogens is 329 g/mol. The highest BCUT2D eigenvalue weighted by molar-refractivity contribution is 6.30. The summed E-state index contributed by atoms with van der Waals surface area (Å²) in [5.74, 6) is 0.960. The van der Waals surface area contributed by atoms with Crippen LogP contribution in [0.15, 0.2) is 48.5 Å². The minimum atomic E-state index is -0.307. The fraction of sp³-hybridized carbons (Fsp3) is 0.167. The second-order valence-electron chi connectivity index (χ2n) is 5.35. The lowest BCUT2D eigenvalue weighted by Crippen LogP contribution is -2.04. The van der Waals surface area contributed by atoms with Crippen LogP contribution in [-0.4, -0.2) is 16.6 Å². The predicted molar refractivity (Wildman–Crippen MR) is 93.5 cm³/mol. The molecule has 4 nitrogen and oxygen atoms in total. The smallest absolute Gasteiger partial charge is 0.304 e. The Morgan fingerprint density at radius 1 is 1.12 bits per heavy atom. The number of ether oxygens (including phenoxy) is 1. The number of nitrogens with one attached hydrogen (secondary N) is 1. The Bertz CT molecular complexity index is 829. The molecule has 3 rings (SSSR count). The second kappa shape index (κ2) is 6.93. The largest absolute Gasteiger partial charge is 0.425 e. The van der Waals surface area contributed by atoms with Gasteiger partial charge in [-0.25, -0.2) is 4.39 Å². The van der Waals surface area contributed by atoms with E-state index in [0.29, 0.717) is 23.3 Å². The molecule has 0 saturated carbocycles. The van der Waals surface area contributed by atoms with Crippen LogP contribution in [0.3, 0.4) is 0 Å². The molecule has 0 bridgehead atoms. The number of benzene rings is 2. The Balaban J connectivity index is 1.93. The van der Waals surface area contributed by atoms with Crippen molar-refractivity contribution in [1.29, 1.82) is 0 Å². The Morgan fingerprint density at radius 2 is 1.79 bits per heavy atom. The number of nitrogens with zero attached hydrogens (tertiary/aromatic N) is 2. The first-order valence-corrected chi connectivity index (χ1v) is 7.87. The van der Waals surface area contributed by atoms with Gasteiger partial charge in [0.1, 0.15) is 11.6 Å².